The molecular formula is C13H18O2. The van der Waals surface area contributed by atoms with Gasteiger partial charge in [-0.05, 0) is 12.0 Å². The number of carbonyl (C=O) groups excluding carboxylic acids is 1. The topological polar surface area (TPSA) is 26.3 Å². The van der Waals surface area contributed by atoms with Gasteiger partial charge in [0.05, 0.1) is 0 Å². The first-order valence-electron chi connectivity index (χ1n) is 5.52. The number of benzene rings is 1. The lowest BCUT2D eigenvalue weighted by molar-refractivity contribution is -0.149. The highest BCUT2D eigenvalue weighted by Crippen LogP contribution is 2.22. The number of hydrogen-bond acceptors (Lipinski definition) is 2. The molecule has 0 spiro atoms. The van der Waals surface area contributed by atoms with Crippen molar-refractivity contribution >= 4 is 5.97 Å². The Morgan fingerprint density at radius 2 is 1.93 bits per heavy atom. The molecule has 0 bridgehead atoms. The Bertz CT molecular complexity index is 293. The maximum absolute atomic E-state index is 11.2. The average molecular weight is 206 g/mol. The zero-order valence-electron chi connectivity index (χ0n) is 9.40. The van der Waals surface area contributed by atoms with Crippen molar-refractivity contribution in [2.45, 2.75) is 39.2 Å². The predicted octanol–water partition coefficient (Wildman–Crippen LogP) is 3.48. The molecule has 0 aliphatic carbocycles. The van der Waals surface area contributed by atoms with Crippen molar-refractivity contribution in [1.29, 1.82) is 0 Å². The fourth-order valence-corrected chi connectivity index (χ4v) is 1.47. The third-order valence-electron chi connectivity index (χ3n) is 2.28. The average Bonchev–Trinajstić information content (AvgIpc) is 2.29. The molecule has 2 heteroatoms. The first-order valence-corrected chi connectivity index (χ1v) is 5.52. The van der Waals surface area contributed by atoms with Gasteiger partial charge >= 0.3 is 5.97 Å². The third-order valence-corrected chi connectivity index (χ3v) is 2.28. The van der Waals surface area contributed by atoms with Crippen LogP contribution >= 0.6 is 0 Å². The molecule has 82 valence electrons. The van der Waals surface area contributed by atoms with Crippen molar-refractivity contribution in [3.05, 3.63) is 35.9 Å². The molecule has 0 saturated heterocycles. The normalized spacial score (nSPS) is 12.1. The van der Waals surface area contributed by atoms with Gasteiger partial charge < -0.3 is 4.74 Å². The molecule has 2 nitrogen and oxygen atoms in total. The zero-order valence-corrected chi connectivity index (χ0v) is 9.40. The second-order valence-corrected chi connectivity index (χ2v) is 3.53. The molecule has 0 amide bonds. The minimum absolute atomic E-state index is 0.0800. The zero-order chi connectivity index (χ0) is 11.1. The van der Waals surface area contributed by atoms with Crippen LogP contribution in [0.4, 0.5) is 0 Å². The maximum Gasteiger partial charge on any atom is 0.306 e. The molecule has 1 atom stereocenters. The number of esters is 1. The van der Waals surface area contributed by atoms with E-state index in [9.17, 15) is 4.79 Å². The summed E-state index contributed by atoms with van der Waals surface area (Å²) in [7, 11) is 0. The van der Waals surface area contributed by atoms with E-state index in [0.29, 0.717) is 6.42 Å². The van der Waals surface area contributed by atoms with Crippen LogP contribution in [0.25, 0.3) is 0 Å². The number of carbonyl (C=O) groups is 1. The van der Waals surface area contributed by atoms with Crippen molar-refractivity contribution in [2.75, 3.05) is 0 Å². The highest BCUT2D eigenvalue weighted by Gasteiger charge is 2.13. The Kier molecular flexibility index (Phi) is 4.88. The van der Waals surface area contributed by atoms with Gasteiger partial charge in [0.15, 0.2) is 0 Å². The van der Waals surface area contributed by atoms with Gasteiger partial charge in [0.1, 0.15) is 6.10 Å². The van der Waals surface area contributed by atoms with Gasteiger partial charge in [-0.1, -0.05) is 50.6 Å². The predicted molar refractivity (Wildman–Crippen MR) is 60.5 cm³/mol. The van der Waals surface area contributed by atoms with Gasteiger partial charge in [0.25, 0.3) is 0 Å². The van der Waals surface area contributed by atoms with Crippen molar-refractivity contribution in [3.8, 4) is 0 Å². The largest absolute Gasteiger partial charge is 0.457 e. The third kappa shape index (κ3) is 3.74. The van der Waals surface area contributed by atoms with E-state index < -0.39 is 0 Å². The summed E-state index contributed by atoms with van der Waals surface area (Å²) in [5.41, 5.74) is 1.08. The number of ether oxygens (including phenoxy) is 1. The van der Waals surface area contributed by atoms with Crippen LogP contribution in [0.15, 0.2) is 30.3 Å². The molecule has 0 fully saturated rings. The smallest absolute Gasteiger partial charge is 0.306 e. The molecule has 1 rings (SSSR count). The van der Waals surface area contributed by atoms with Gasteiger partial charge in [-0.25, -0.2) is 0 Å². The summed E-state index contributed by atoms with van der Waals surface area (Å²) in [6.45, 7) is 3.91. The molecule has 0 aromatic heterocycles. The minimum Gasteiger partial charge on any atom is -0.457 e. The maximum atomic E-state index is 11.2. The van der Waals surface area contributed by atoms with Gasteiger partial charge in [-0.15, -0.1) is 0 Å². The molecule has 0 saturated carbocycles. The molecule has 1 aromatic carbocycles. The molecule has 0 heterocycles. The van der Waals surface area contributed by atoms with Crippen LogP contribution in [0.2, 0.25) is 0 Å². The van der Waals surface area contributed by atoms with Gasteiger partial charge in [-0.2, -0.15) is 0 Å². The van der Waals surface area contributed by atoms with E-state index in [1.165, 1.54) is 0 Å². The molecule has 1 aromatic rings. The van der Waals surface area contributed by atoms with E-state index in [0.717, 1.165) is 18.4 Å². The summed E-state index contributed by atoms with van der Waals surface area (Å²) < 4.78 is 5.39. The Labute approximate surface area is 91.3 Å². The van der Waals surface area contributed by atoms with E-state index >= 15 is 0 Å². The lowest BCUT2D eigenvalue weighted by Crippen LogP contribution is -2.10. The summed E-state index contributed by atoms with van der Waals surface area (Å²) in [6, 6.07) is 9.91. The first kappa shape index (κ1) is 11.8. The molecule has 0 aliphatic heterocycles. The van der Waals surface area contributed by atoms with Crippen LogP contribution in [0.3, 0.4) is 0 Å². The Balaban J connectivity index is 2.70. The van der Waals surface area contributed by atoms with E-state index in [1.54, 1.807) is 0 Å². The molecule has 0 N–H and O–H groups in total. The highest BCUT2D eigenvalue weighted by atomic mass is 16.5. The van der Waals surface area contributed by atoms with Crippen molar-refractivity contribution in [1.82, 2.24) is 0 Å². The van der Waals surface area contributed by atoms with Crippen LogP contribution < -0.4 is 0 Å². The summed E-state index contributed by atoms with van der Waals surface area (Å²) in [5.74, 6) is -0.127. The molecule has 15 heavy (non-hydrogen) atoms. The van der Waals surface area contributed by atoms with Crippen molar-refractivity contribution in [2.24, 2.45) is 0 Å². The van der Waals surface area contributed by atoms with E-state index in [1.807, 2.05) is 37.3 Å². The Morgan fingerprint density at radius 3 is 2.47 bits per heavy atom. The number of rotatable bonds is 5. The highest BCUT2D eigenvalue weighted by molar-refractivity contribution is 5.69. The standard InChI is InChI=1S/C13H18O2/c1-3-8-12(15-13(14)4-2)11-9-6-5-7-10-11/h5-7,9-10,12H,3-4,8H2,1-2H3. The molecule has 0 radical (unpaired) electrons. The van der Waals surface area contributed by atoms with E-state index in [-0.39, 0.29) is 12.1 Å². The summed E-state index contributed by atoms with van der Waals surface area (Å²) in [4.78, 5) is 11.2. The second-order valence-electron chi connectivity index (χ2n) is 3.53. The van der Waals surface area contributed by atoms with Gasteiger partial charge in [0, 0.05) is 6.42 Å². The SMILES string of the molecule is CCCC(OC(=O)CC)c1ccccc1. The number of hydrogen-bond donors (Lipinski definition) is 0. The van der Waals surface area contributed by atoms with Crippen molar-refractivity contribution in [3.63, 3.8) is 0 Å². The molecule has 0 aliphatic rings. The van der Waals surface area contributed by atoms with Crippen LogP contribution in [-0.4, -0.2) is 5.97 Å². The van der Waals surface area contributed by atoms with E-state index in [2.05, 4.69) is 6.92 Å². The molecule has 1 unspecified atom stereocenters. The quantitative estimate of drug-likeness (QED) is 0.689. The van der Waals surface area contributed by atoms with Crippen LogP contribution in [0.1, 0.15) is 44.8 Å². The first-order chi connectivity index (χ1) is 7.27. The van der Waals surface area contributed by atoms with Crippen LogP contribution in [-0.2, 0) is 9.53 Å². The van der Waals surface area contributed by atoms with Crippen LogP contribution in [0, 0.1) is 0 Å². The summed E-state index contributed by atoms with van der Waals surface area (Å²) in [5, 5.41) is 0. The van der Waals surface area contributed by atoms with Gasteiger partial charge in [0.2, 0.25) is 0 Å². The Morgan fingerprint density at radius 1 is 1.27 bits per heavy atom. The van der Waals surface area contributed by atoms with E-state index in [4.69, 9.17) is 4.74 Å². The van der Waals surface area contributed by atoms with Gasteiger partial charge in [-0.3, -0.25) is 4.79 Å². The minimum atomic E-state index is -0.127. The molecular weight excluding hydrogens is 188 g/mol. The monoisotopic (exact) mass is 206 g/mol. The van der Waals surface area contributed by atoms with Crippen molar-refractivity contribution < 1.29 is 9.53 Å². The Hall–Kier alpha value is -1.31. The fraction of sp³-hybridized carbons (Fsp3) is 0.462. The fourth-order valence-electron chi connectivity index (χ4n) is 1.47. The summed E-state index contributed by atoms with van der Waals surface area (Å²) >= 11 is 0. The lowest BCUT2D eigenvalue weighted by atomic mass is 10.1. The second kappa shape index (κ2) is 6.23. The lowest BCUT2D eigenvalue weighted by Gasteiger charge is -2.17. The summed E-state index contributed by atoms with van der Waals surface area (Å²) in [6.07, 6.45) is 2.25. The van der Waals surface area contributed by atoms with Crippen LogP contribution in [0.5, 0.6) is 0 Å².